The smallest absolute Gasteiger partial charge is 0.344 e. The zero-order valence-corrected chi connectivity index (χ0v) is 17.0. The van der Waals surface area contributed by atoms with E-state index in [0.29, 0.717) is 11.3 Å². The Bertz CT molecular complexity index is 1010. The molecule has 1 fully saturated rings. The summed E-state index contributed by atoms with van der Waals surface area (Å²) in [6, 6.07) is 14.2. The third-order valence-electron chi connectivity index (χ3n) is 5.62. The SMILES string of the molecule is COc1cccc([C@]2(C)NC(=O)N(NC(=O)CN3CCCc4ccccc43)C2=O)c1. The monoisotopic (exact) mass is 408 g/mol. The minimum atomic E-state index is -1.30. The van der Waals surface area contributed by atoms with E-state index in [4.69, 9.17) is 4.74 Å². The molecule has 2 aromatic rings. The second-order valence-corrected chi connectivity index (χ2v) is 7.62. The third kappa shape index (κ3) is 3.45. The number of hydrogen-bond acceptors (Lipinski definition) is 5. The van der Waals surface area contributed by atoms with Gasteiger partial charge in [-0.2, -0.15) is 5.01 Å². The van der Waals surface area contributed by atoms with Crippen molar-refractivity contribution in [3.05, 3.63) is 59.7 Å². The minimum Gasteiger partial charge on any atom is -0.497 e. The van der Waals surface area contributed by atoms with Crippen LogP contribution in [0.1, 0.15) is 24.5 Å². The van der Waals surface area contributed by atoms with Crippen LogP contribution in [-0.2, 0) is 21.5 Å². The van der Waals surface area contributed by atoms with Gasteiger partial charge in [0.05, 0.1) is 13.7 Å². The topological polar surface area (TPSA) is 91.0 Å². The first-order valence-corrected chi connectivity index (χ1v) is 9.86. The highest BCUT2D eigenvalue weighted by molar-refractivity contribution is 6.08. The van der Waals surface area contributed by atoms with Crippen LogP contribution in [0.25, 0.3) is 0 Å². The molecule has 0 bridgehead atoms. The first kappa shape index (κ1) is 19.8. The Hall–Kier alpha value is -3.55. The zero-order chi connectivity index (χ0) is 21.3. The molecule has 2 N–H and O–H groups in total. The third-order valence-corrected chi connectivity index (χ3v) is 5.62. The minimum absolute atomic E-state index is 0.0595. The molecule has 4 rings (SSSR count). The number of anilines is 1. The molecule has 2 aliphatic heterocycles. The number of imide groups is 1. The second kappa shape index (κ2) is 7.70. The maximum Gasteiger partial charge on any atom is 0.344 e. The number of amides is 4. The van der Waals surface area contributed by atoms with Crippen LogP contribution >= 0.6 is 0 Å². The molecular formula is C22H24N4O4. The molecule has 8 nitrogen and oxygen atoms in total. The number of fused-ring (bicyclic) bond motifs is 1. The van der Waals surface area contributed by atoms with Gasteiger partial charge < -0.3 is 15.0 Å². The van der Waals surface area contributed by atoms with Crippen molar-refractivity contribution < 1.29 is 19.1 Å². The molecular weight excluding hydrogens is 384 g/mol. The van der Waals surface area contributed by atoms with E-state index in [1.54, 1.807) is 31.2 Å². The van der Waals surface area contributed by atoms with E-state index >= 15 is 0 Å². The summed E-state index contributed by atoms with van der Waals surface area (Å²) >= 11 is 0. The fourth-order valence-corrected chi connectivity index (χ4v) is 3.98. The Balaban J connectivity index is 1.48. The van der Waals surface area contributed by atoms with Gasteiger partial charge in [-0.1, -0.05) is 30.3 Å². The Kier molecular flexibility index (Phi) is 5.07. The average Bonchev–Trinajstić information content (AvgIpc) is 2.98. The van der Waals surface area contributed by atoms with Crippen molar-refractivity contribution >= 4 is 23.5 Å². The Labute approximate surface area is 174 Å². The molecule has 4 amide bonds. The summed E-state index contributed by atoms with van der Waals surface area (Å²) in [5.74, 6) is -0.403. The van der Waals surface area contributed by atoms with Gasteiger partial charge in [0.15, 0.2) is 0 Å². The van der Waals surface area contributed by atoms with Crippen molar-refractivity contribution in [3.63, 3.8) is 0 Å². The Morgan fingerprint density at radius 3 is 2.80 bits per heavy atom. The molecule has 156 valence electrons. The van der Waals surface area contributed by atoms with Crippen molar-refractivity contribution in [2.75, 3.05) is 25.1 Å². The number of carbonyl (C=O) groups excluding carboxylic acids is 3. The highest BCUT2D eigenvalue weighted by atomic mass is 16.5. The number of para-hydroxylation sites is 1. The maximum atomic E-state index is 13.0. The van der Waals surface area contributed by atoms with Crippen LogP contribution in [0.15, 0.2) is 48.5 Å². The molecule has 0 aromatic heterocycles. The van der Waals surface area contributed by atoms with Crippen LogP contribution in [-0.4, -0.2) is 43.1 Å². The number of rotatable bonds is 5. The van der Waals surface area contributed by atoms with Crippen molar-refractivity contribution in [1.82, 2.24) is 15.8 Å². The molecule has 30 heavy (non-hydrogen) atoms. The first-order valence-electron chi connectivity index (χ1n) is 9.86. The highest BCUT2D eigenvalue weighted by Gasteiger charge is 2.50. The number of hydrazine groups is 1. The Morgan fingerprint density at radius 2 is 2.00 bits per heavy atom. The number of hydrogen-bond donors (Lipinski definition) is 2. The van der Waals surface area contributed by atoms with Crippen LogP contribution in [0.3, 0.4) is 0 Å². The van der Waals surface area contributed by atoms with Crippen LogP contribution in [0, 0.1) is 0 Å². The lowest BCUT2D eigenvalue weighted by Crippen LogP contribution is -2.51. The predicted octanol–water partition coefficient (Wildman–Crippen LogP) is 1.95. The van der Waals surface area contributed by atoms with Gasteiger partial charge in [0, 0.05) is 12.2 Å². The largest absolute Gasteiger partial charge is 0.497 e. The molecule has 1 atom stereocenters. The average molecular weight is 408 g/mol. The van der Waals surface area contributed by atoms with Crippen molar-refractivity contribution in [2.24, 2.45) is 0 Å². The van der Waals surface area contributed by atoms with E-state index < -0.39 is 23.4 Å². The molecule has 0 aliphatic carbocycles. The van der Waals surface area contributed by atoms with Crippen molar-refractivity contribution in [1.29, 1.82) is 0 Å². The summed E-state index contributed by atoms with van der Waals surface area (Å²) in [5, 5.41) is 3.44. The summed E-state index contributed by atoms with van der Waals surface area (Å²) in [7, 11) is 1.53. The number of nitrogens with one attached hydrogen (secondary N) is 2. The van der Waals surface area contributed by atoms with Gasteiger partial charge in [-0.15, -0.1) is 0 Å². The van der Waals surface area contributed by atoms with E-state index in [2.05, 4.69) is 16.8 Å². The second-order valence-electron chi connectivity index (χ2n) is 7.62. The van der Waals surface area contributed by atoms with E-state index in [-0.39, 0.29) is 6.54 Å². The summed E-state index contributed by atoms with van der Waals surface area (Å²) in [5.41, 5.74) is 3.95. The van der Waals surface area contributed by atoms with Crippen molar-refractivity contribution in [2.45, 2.75) is 25.3 Å². The van der Waals surface area contributed by atoms with Gasteiger partial charge in [-0.3, -0.25) is 15.0 Å². The van der Waals surface area contributed by atoms with Crippen LogP contribution in [0.2, 0.25) is 0 Å². The summed E-state index contributed by atoms with van der Waals surface area (Å²) in [4.78, 5) is 40.2. The zero-order valence-electron chi connectivity index (χ0n) is 17.0. The lowest BCUT2D eigenvalue weighted by atomic mass is 9.92. The van der Waals surface area contributed by atoms with Gasteiger partial charge >= 0.3 is 6.03 Å². The summed E-state index contributed by atoms with van der Waals surface area (Å²) in [6.45, 7) is 2.41. The molecule has 8 heteroatoms. The van der Waals surface area contributed by atoms with Gasteiger partial charge in [-0.25, -0.2) is 4.79 Å². The molecule has 1 saturated heterocycles. The van der Waals surface area contributed by atoms with Gasteiger partial charge in [0.25, 0.3) is 11.8 Å². The lowest BCUT2D eigenvalue weighted by molar-refractivity contribution is -0.138. The van der Waals surface area contributed by atoms with Crippen molar-refractivity contribution in [3.8, 4) is 5.75 Å². The van der Waals surface area contributed by atoms with Gasteiger partial charge in [-0.05, 0) is 49.1 Å². The van der Waals surface area contributed by atoms with Crippen LogP contribution < -0.4 is 20.4 Å². The normalized spacial score (nSPS) is 20.6. The van der Waals surface area contributed by atoms with E-state index in [0.717, 1.165) is 30.1 Å². The van der Waals surface area contributed by atoms with Crippen LogP contribution in [0.4, 0.5) is 10.5 Å². The first-order chi connectivity index (χ1) is 14.4. The van der Waals surface area contributed by atoms with E-state index in [1.165, 1.54) is 12.7 Å². The summed E-state index contributed by atoms with van der Waals surface area (Å²) in [6.07, 6.45) is 1.92. The fourth-order valence-electron chi connectivity index (χ4n) is 3.98. The number of methoxy groups -OCH3 is 1. The standard InChI is InChI=1S/C22H24N4O4/c1-22(16-9-5-10-17(13-16)30-2)20(28)26(21(29)23-22)24-19(27)14-25-12-6-8-15-7-3-4-11-18(15)25/h3-5,7,9-11,13H,6,8,12,14H2,1-2H3,(H,23,29)(H,24,27)/t22-/m0/s1. The van der Waals surface area contributed by atoms with E-state index in [9.17, 15) is 14.4 Å². The number of carbonyl (C=O) groups is 3. The number of nitrogens with zero attached hydrogens (tertiary/aromatic N) is 2. The molecule has 2 aliphatic rings. The predicted molar refractivity (Wildman–Crippen MR) is 111 cm³/mol. The number of ether oxygens (including phenoxy) is 1. The quantitative estimate of drug-likeness (QED) is 0.738. The molecule has 2 heterocycles. The van der Waals surface area contributed by atoms with Gasteiger partial charge in [0.2, 0.25) is 0 Å². The summed E-state index contributed by atoms with van der Waals surface area (Å²) < 4.78 is 5.21. The molecule has 0 saturated carbocycles. The molecule has 0 radical (unpaired) electrons. The van der Waals surface area contributed by atoms with Gasteiger partial charge in [0.1, 0.15) is 11.3 Å². The molecule has 0 unspecified atom stereocenters. The fraction of sp³-hybridized carbons (Fsp3) is 0.318. The highest BCUT2D eigenvalue weighted by Crippen LogP contribution is 2.30. The lowest BCUT2D eigenvalue weighted by Gasteiger charge is -2.31. The van der Waals surface area contributed by atoms with Crippen LogP contribution in [0.5, 0.6) is 5.75 Å². The number of aryl methyl sites for hydroxylation is 1. The Morgan fingerprint density at radius 1 is 1.20 bits per heavy atom. The number of urea groups is 1. The van der Waals surface area contributed by atoms with E-state index in [1.807, 2.05) is 23.1 Å². The molecule has 2 aromatic carbocycles. The number of benzene rings is 2. The molecule has 0 spiro atoms. The maximum absolute atomic E-state index is 13.0.